The number of hydrogen-bond donors (Lipinski definition) is 0. The first-order valence-corrected chi connectivity index (χ1v) is 13.1. The van der Waals surface area contributed by atoms with Gasteiger partial charge in [-0.25, -0.2) is 0 Å². The van der Waals surface area contributed by atoms with Gasteiger partial charge in [-0.1, -0.05) is 62.9 Å². The van der Waals surface area contributed by atoms with Crippen molar-refractivity contribution in [3.63, 3.8) is 0 Å². The Kier molecular flexibility index (Phi) is 12.9. The molecule has 0 saturated carbocycles. The van der Waals surface area contributed by atoms with Crippen molar-refractivity contribution < 1.29 is 33.3 Å². The zero-order chi connectivity index (χ0) is 26.5. The monoisotopic (exact) mass is 505 g/mol. The van der Waals surface area contributed by atoms with Crippen LogP contribution in [0, 0.1) is 5.92 Å². The minimum Gasteiger partial charge on any atom is -0.461 e. The summed E-state index contributed by atoms with van der Waals surface area (Å²) in [5.41, 5.74) is 0.983. The number of benzene rings is 1. The Hall–Kier alpha value is -2.45. The van der Waals surface area contributed by atoms with Gasteiger partial charge in [0, 0.05) is 14.2 Å². The summed E-state index contributed by atoms with van der Waals surface area (Å²) in [6, 6.07) is 9.17. The Balaban J connectivity index is 2.32. The molecule has 1 aliphatic rings. The highest BCUT2D eigenvalue weighted by Gasteiger charge is 2.38. The molecule has 0 bridgehead atoms. The molecule has 0 aromatic heterocycles. The smallest absolute Gasteiger partial charge is 0.313 e. The van der Waals surface area contributed by atoms with E-state index in [1.807, 2.05) is 30.3 Å². The molecule has 1 aromatic carbocycles. The van der Waals surface area contributed by atoms with Crippen LogP contribution in [-0.2, 0) is 39.8 Å². The lowest BCUT2D eigenvalue weighted by Gasteiger charge is -2.36. The SMILES string of the molecule is CCCCCCCC1OC(=O)CC(OCOC)[C@H](Cc2ccccc2)N(C)C(=O)[C@H](C)OC(=O)[C@H]1C. The summed E-state index contributed by atoms with van der Waals surface area (Å²) in [5, 5.41) is 0. The third-order valence-corrected chi connectivity index (χ3v) is 6.77. The number of carbonyl (C=O) groups excluding carboxylic acids is 3. The molecule has 0 aliphatic carbocycles. The summed E-state index contributed by atoms with van der Waals surface area (Å²) in [5.74, 6) is -2.05. The van der Waals surface area contributed by atoms with Gasteiger partial charge in [0.2, 0.25) is 0 Å². The van der Waals surface area contributed by atoms with Crippen LogP contribution in [-0.4, -0.2) is 68.0 Å². The molecule has 0 spiro atoms. The number of unbranched alkanes of at least 4 members (excludes halogenated alkanes) is 4. The molecule has 1 aliphatic heterocycles. The highest BCUT2D eigenvalue weighted by molar-refractivity contribution is 5.84. The van der Waals surface area contributed by atoms with Gasteiger partial charge >= 0.3 is 11.9 Å². The maximum Gasteiger partial charge on any atom is 0.313 e. The van der Waals surface area contributed by atoms with Gasteiger partial charge in [-0.05, 0) is 38.7 Å². The van der Waals surface area contributed by atoms with Crippen LogP contribution >= 0.6 is 0 Å². The highest BCUT2D eigenvalue weighted by atomic mass is 16.7. The van der Waals surface area contributed by atoms with Crippen molar-refractivity contribution >= 4 is 17.8 Å². The second kappa shape index (κ2) is 15.6. The van der Waals surface area contributed by atoms with E-state index in [0.717, 1.165) is 37.7 Å². The molecule has 5 atom stereocenters. The first kappa shape index (κ1) is 29.8. The highest BCUT2D eigenvalue weighted by Crippen LogP contribution is 2.24. The summed E-state index contributed by atoms with van der Waals surface area (Å²) >= 11 is 0. The Morgan fingerprint density at radius 1 is 1.00 bits per heavy atom. The lowest BCUT2D eigenvalue weighted by atomic mass is 9.96. The second-order valence-electron chi connectivity index (χ2n) is 9.62. The zero-order valence-electron chi connectivity index (χ0n) is 22.4. The normalized spacial score (nSPS) is 26.1. The van der Waals surface area contributed by atoms with E-state index in [4.69, 9.17) is 18.9 Å². The van der Waals surface area contributed by atoms with E-state index < -0.39 is 42.2 Å². The number of likely N-dealkylation sites (N-methyl/N-ethyl adjacent to an activating group) is 1. The number of carbonyl (C=O) groups is 3. The lowest BCUT2D eigenvalue weighted by Crippen LogP contribution is -2.52. The van der Waals surface area contributed by atoms with E-state index in [9.17, 15) is 14.4 Å². The third-order valence-electron chi connectivity index (χ3n) is 6.77. The molecule has 1 saturated heterocycles. The molecule has 2 unspecified atom stereocenters. The lowest BCUT2D eigenvalue weighted by molar-refractivity contribution is -0.177. The zero-order valence-corrected chi connectivity index (χ0v) is 22.4. The molecule has 1 amide bonds. The van der Waals surface area contributed by atoms with E-state index in [2.05, 4.69) is 6.92 Å². The molecule has 1 heterocycles. The van der Waals surface area contributed by atoms with Crippen LogP contribution in [0.2, 0.25) is 0 Å². The maximum absolute atomic E-state index is 13.3. The minimum atomic E-state index is -0.980. The molecule has 1 aromatic rings. The maximum atomic E-state index is 13.3. The fraction of sp³-hybridized carbons (Fsp3) is 0.679. The van der Waals surface area contributed by atoms with Crippen LogP contribution in [0.4, 0.5) is 0 Å². The van der Waals surface area contributed by atoms with Gasteiger partial charge < -0.3 is 23.8 Å². The van der Waals surface area contributed by atoms with Crippen LogP contribution < -0.4 is 0 Å². The number of ether oxygens (including phenoxy) is 4. The Morgan fingerprint density at radius 3 is 2.36 bits per heavy atom. The number of cyclic esters (lactones) is 2. The van der Waals surface area contributed by atoms with E-state index in [1.165, 1.54) is 12.0 Å². The average molecular weight is 506 g/mol. The fourth-order valence-electron chi connectivity index (χ4n) is 4.51. The number of esters is 2. The van der Waals surface area contributed by atoms with Gasteiger partial charge in [-0.3, -0.25) is 14.4 Å². The molecule has 0 radical (unpaired) electrons. The molecule has 8 heteroatoms. The molecule has 202 valence electrons. The summed E-state index contributed by atoms with van der Waals surface area (Å²) < 4.78 is 22.5. The van der Waals surface area contributed by atoms with Gasteiger partial charge in [0.25, 0.3) is 5.91 Å². The average Bonchev–Trinajstić information content (AvgIpc) is 2.87. The standard InChI is InChI=1S/C28H43NO7/c1-6-7-8-9-13-16-24-20(2)28(32)35-21(3)27(31)29(4)23(17-22-14-11-10-12-15-22)25(34-19-33-5)18-26(30)36-24/h10-12,14-15,20-21,23-25H,6-9,13,16-19H2,1-5H3/t20-,21-,23-,24?,25?/m0/s1. The van der Waals surface area contributed by atoms with E-state index in [-0.39, 0.29) is 19.1 Å². The number of methoxy groups -OCH3 is 1. The van der Waals surface area contributed by atoms with Crippen molar-refractivity contribution in [1.82, 2.24) is 4.90 Å². The largest absolute Gasteiger partial charge is 0.461 e. The molecular formula is C28H43NO7. The molecule has 2 rings (SSSR count). The molecule has 8 nitrogen and oxygen atoms in total. The second-order valence-corrected chi connectivity index (χ2v) is 9.62. The Bertz CT molecular complexity index is 815. The van der Waals surface area contributed by atoms with E-state index in [0.29, 0.717) is 12.8 Å². The number of rotatable bonds is 11. The number of amides is 1. The quantitative estimate of drug-likeness (QED) is 0.252. The Labute approximate surface area is 215 Å². The van der Waals surface area contributed by atoms with Crippen LogP contribution in [0.25, 0.3) is 0 Å². The topological polar surface area (TPSA) is 91.4 Å². The summed E-state index contributed by atoms with van der Waals surface area (Å²) in [6.45, 7) is 5.38. The van der Waals surface area contributed by atoms with Crippen molar-refractivity contribution in [2.45, 2.75) is 96.5 Å². The summed E-state index contributed by atoms with van der Waals surface area (Å²) in [7, 11) is 3.15. The third kappa shape index (κ3) is 9.21. The van der Waals surface area contributed by atoms with Gasteiger partial charge in [-0.2, -0.15) is 0 Å². The van der Waals surface area contributed by atoms with Gasteiger partial charge in [-0.15, -0.1) is 0 Å². The van der Waals surface area contributed by atoms with E-state index in [1.54, 1.807) is 20.9 Å². The number of nitrogens with zero attached hydrogens (tertiary/aromatic N) is 1. The fourth-order valence-corrected chi connectivity index (χ4v) is 4.51. The predicted molar refractivity (Wildman–Crippen MR) is 136 cm³/mol. The Morgan fingerprint density at radius 2 is 1.69 bits per heavy atom. The summed E-state index contributed by atoms with van der Waals surface area (Å²) in [4.78, 5) is 40.8. The molecule has 36 heavy (non-hydrogen) atoms. The molecular weight excluding hydrogens is 462 g/mol. The summed E-state index contributed by atoms with van der Waals surface area (Å²) in [6.07, 6.45) is 3.89. The van der Waals surface area contributed by atoms with Gasteiger partial charge in [0.15, 0.2) is 6.10 Å². The number of hydrogen-bond acceptors (Lipinski definition) is 7. The van der Waals surface area contributed by atoms with Crippen LogP contribution in [0.3, 0.4) is 0 Å². The minimum absolute atomic E-state index is 0.0347. The van der Waals surface area contributed by atoms with Crippen molar-refractivity contribution in [3.8, 4) is 0 Å². The predicted octanol–water partition coefficient (Wildman–Crippen LogP) is 4.29. The van der Waals surface area contributed by atoms with E-state index >= 15 is 0 Å². The molecule has 1 fully saturated rings. The first-order chi connectivity index (χ1) is 17.3. The molecule has 0 N–H and O–H groups in total. The first-order valence-electron chi connectivity index (χ1n) is 13.1. The van der Waals surface area contributed by atoms with Gasteiger partial charge in [0.1, 0.15) is 12.9 Å². The van der Waals surface area contributed by atoms with Crippen LogP contribution in [0.15, 0.2) is 30.3 Å². The van der Waals surface area contributed by atoms with Gasteiger partial charge in [0.05, 0.1) is 24.5 Å². The van der Waals surface area contributed by atoms with Crippen LogP contribution in [0.5, 0.6) is 0 Å². The van der Waals surface area contributed by atoms with Crippen molar-refractivity contribution in [2.24, 2.45) is 5.92 Å². The van der Waals surface area contributed by atoms with Crippen molar-refractivity contribution in [3.05, 3.63) is 35.9 Å². The van der Waals surface area contributed by atoms with Crippen molar-refractivity contribution in [2.75, 3.05) is 21.0 Å². The van der Waals surface area contributed by atoms with Crippen LogP contribution in [0.1, 0.15) is 71.3 Å². The van der Waals surface area contributed by atoms with Crippen molar-refractivity contribution in [1.29, 1.82) is 0 Å².